The second-order valence-electron chi connectivity index (χ2n) is 4.08. The summed E-state index contributed by atoms with van der Waals surface area (Å²) in [7, 11) is 0. The van der Waals surface area contributed by atoms with E-state index in [-0.39, 0.29) is 0 Å². The van der Waals surface area contributed by atoms with Crippen molar-refractivity contribution in [2.75, 3.05) is 0 Å². The van der Waals surface area contributed by atoms with Crippen molar-refractivity contribution < 1.29 is 0 Å². The van der Waals surface area contributed by atoms with E-state index in [1.807, 2.05) is 28.8 Å². The van der Waals surface area contributed by atoms with Crippen molar-refractivity contribution in [3.63, 3.8) is 0 Å². The van der Waals surface area contributed by atoms with Crippen LogP contribution in [0.15, 0.2) is 36.9 Å². The molecule has 0 saturated carbocycles. The van der Waals surface area contributed by atoms with E-state index in [2.05, 4.69) is 27.1 Å². The van der Waals surface area contributed by atoms with Gasteiger partial charge < -0.3 is 0 Å². The molecule has 0 bridgehead atoms. The number of para-hydroxylation sites is 1. The zero-order valence-corrected chi connectivity index (χ0v) is 11.0. The van der Waals surface area contributed by atoms with Crippen LogP contribution < -0.4 is 0 Å². The van der Waals surface area contributed by atoms with Crippen molar-refractivity contribution in [2.24, 2.45) is 0 Å². The lowest BCUT2D eigenvalue weighted by molar-refractivity contribution is 0.609. The molecule has 0 aliphatic rings. The van der Waals surface area contributed by atoms with Gasteiger partial charge in [-0.15, -0.1) is 11.7 Å². The van der Waals surface area contributed by atoms with Crippen LogP contribution in [0.5, 0.6) is 0 Å². The zero-order chi connectivity index (χ0) is 13.2. The van der Waals surface area contributed by atoms with Crippen LogP contribution in [0.4, 0.5) is 0 Å². The van der Waals surface area contributed by atoms with E-state index in [0.29, 0.717) is 17.9 Å². The molecule has 0 fully saturated rings. The first-order valence-electron chi connectivity index (χ1n) is 5.83. The van der Waals surface area contributed by atoms with Gasteiger partial charge in [0.2, 0.25) is 0 Å². The van der Waals surface area contributed by atoms with Crippen LogP contribution in [0.25, 0.3) is 11.0 Å². The number of nitrogens with zero attached hydrogens (tertiary/aromatic N) is 5. The number of benzene rings is 1. The molecular weight excluding hydrogens is 260 g/mol. The second kappa shape index (κ2) is 4.77. The lowest BCUT2D eigenvalue weighted by Gasteiger charge is -2.04. The number of nitrogens with one attached hydrogen (secondary N) is 1. The average molecular weight is 272 g/mol. The Labute approximate surface area is 114 Å². The minimum Gasteiger partial charge on any atom is -0.299 e. The summed E-state index contributed by atoms with van der Waals surface area (Å²) in [6.45, 7) is 4.86. The van der Waals surface area contributed by atoms with Crippen LogP contribution in [0.1, 0.15) is 5.82 Å². The number of aromatic nitrogens is 6. The summed E-state index contributed by atoms with van der Waals surface area (Å²) < 4.78 is 4.28. The van der Waals surface area contributed by atoms with Gasteiger partial charge in [0, 0.05) is 6.54 Å². The molecule has 0 radical (unpaired) electrons. The molecule has 96 valence electrons. The third-order valence-corrected chi connectivity index (χ3v) is 3.17. The first kappa shape index (κ1) is 11.8. The summed E-state index contributed by atoms with van der Waals surface area (Å²) in [5.74, 6) is 0.806. The second-order valence-corrected chi connectivity index (χ2v) is 4.47. The first-order chi connectivity index (χ1) is 9.29. The molecule has 2 heterocycles. The Balaban J connectivity index is 2.01. The maximum Gasteiger partial charge on any atom is 0.195 e. The molecule has 7 heteroatoms. The Bertz CT molecular complexity index is 781. The summed E-state index contributed by atoms with van der Waals surface area (Å²) >= 11 is 5.18. The molecule has 2 aromatic heterocycles. The van der Waals surface area contributed by atoms with Gasteiger partial charge in [0.25, 0.3) is 0 Å². The normalized spacial score (nSPS) is 10.9. The minimum absolute atomic E-state index is 0.515. The van der Waals surface area contributed by atoms with Crippen molar-refractivity contribution in [1.29, 1.82) is 0 Å². The van der Waals surface area contributed by atoms with Crippen molar-refractivity contribution in [1.82, 2.24) is 29.8 Å². The fourth-order valence-corrected chi connectivity index (χ4v) is 2.18. The van der Waals surface area contributed by atoms with E-state index >= 15 is 0 Å². The summed E-state index contributed by atoms with van der Waals surface area (Å²) in [5.41, 5.74) is 1.84. The zero-order valence-electron chi connectivity index (χ0n) is 10.2. The molecule has 0 saturated heterocycles. The van der Waals surface area contributed by atoms with E-state index in [1.165, 1.54) is 0 Å². The van der Waals surface area contributed by atoms with Crippen molar-refractivity contribution >= 4 is 23.3 Å². The number of rotatable bonds is 4. The Morgan fingerprint density at radius 3 is 3.05 bits per heavy atom. The maximum absolute atomic E-state index is 5.18. The third kappa shape index (κ3) is 2.08. The van der Waals surface area contributed by atoms with Crippen LogP contribution in [-0.2, 0) is 13.1 Å². The van der Waals surface area contributed by atoms with E-state index in [0.717, 1.165) is 16.9 Å². The lowest BCUT2D eigenvalue weighted by Crippen LogP contribution is -2.09. The highest BCUT2D eigenvalue weighted by atomic mass is 32.1. The fraction of sp³-hybridized carbons (Fsp3) is 0.167. The van der Waals surface area contributed by atoms with Gasteiger partial charge in [0.05, 0.1) is 5.52 Å². The Morgan fingerprint density at radius 2 is 2.21 bits per heavy atom. The van der Waals surface area contributed by atoms with Crippen LogP contribution in [0.3, 0.4) is 0 Å². The van der Waals surface area contributed by atoms with Crippen molar-refractivity contribution in [2.45, 2.75) is 13.1 Å². The number of H-pyrrole nitrogens is 1. The molecule has 19 heavy (non-hydrogen) atoms. The molecule has 3 aromatic rings. The highest BCUT2D eigenvalue weighted by Gasteiger charge is 2.09. The molecule has 6 nitrogen and oxygen atoms in total. The number of aromatic amines is 1. The van der Waals surface area contributed by atoms with Crippen LogP contribution in [0.2, 0.25) is 0 Å². The topological polar surface area (TPSA) is 64.3 Å². The Kier molecular flexibility index (Phi) is 2.96. The number of hydrogen-bond acceptors (Lipinski definition) is 4. The molecule has 0 aliphatic heterocycles. The molecule has 1 aromatic carbocycles. The monoisotopic (exact) mass is 272 g/mol. The van der Waals surface area contributed by atoms with Gasteiger partial charge in [-0.2, -0.15) is 5.10 Å². The van der Waals surface area contributed by atoms with Gasteiger partial charge in [-0.3, -0.25) is 9.67 Å². The van der Waals surface area contributed by atoms with E-state index in [9.17, 15) is 0 Å². The van der Waals surface area contributed by atoms with Crippen LogP contribution in [-0.4, -0.2) is 29.8 Å². The molecule has 0 atom stereocenters. The van der Waals surface area contributed by atoms with Gasteiger partial charge in [-0.1, -0.05) is 23.4 Å². The molecule has 0 spiro atoms. The van der Waals surface area contributed by atoms with E-state index < -0.39 is 0 Å². The molecule has 0 amide bonds. The standard InChI is InChI=1S/C12H12N6S/c1-2-7-17-11(14-15-12(17)19)8-18-10-6-4-3-5-9(10)13-16-18/h2-6H,1,7-8H2,(H,15,19). The molecule has 3 rings (SSSR count). The predicted octanol–water partition coefficient (Wildman–Crippen LogP) is 1.92. The Hall–Kier alpha value is -2.28. The van der Waals surface area contributed by atoms with Gasteiger partial charge in [-0.25, -0.2) is 4.68 Å². The third-order valence-electron chi connectivity index (χ3n) is 2.86. The van der Waals surface area contributed by atoms with Crippen molar-refractivity contribution in [3.05, 3.63) is 47.5 Å². The SMILES string of the molecule is C=CCn1c(Cn2nnc3ccccc32)n[nH]c1=S. The van der Waals surface area contributed by atoms with Gasteiger partial charge in [-0.05, 0) is 24.4 Å². The summed E-state index contributed by atoms with van der Waals surface area (Å²) in [4.78, 5) is 0. The van der Waals surface area contributed by atoms with Gasteiger partial charge in [0.1, 0.15) is 12.1 Å². The maximum atomic E-state index is 5.18. The summed E-state index contributed by atoms with van der Waals surface area (Å²) in [5, 5.41) is 15.3. The summed E-state index contributed by atoms with van der Waals surface area (Å²) in [6.07, 6.45) is 1.79. The fourth-order valence-electron chi connectivity index (χ4n) is 1.96. The number of hydrogen-bond donors (Lipinski definition) is 1. The van der Waals surface area contributed by atoms with Gasteiger partial charge in [0.15, 0.2) is 10.6 Å². The lowest BCUT2D eigenvalue weighted by atomic mass is 10.3. The average Bonchev–Trinajstić information content (AvgIpc) is 2.98. The number of fused-ring (bicyclic) bond motifs is 1. The highest BCUT2D eigenvalue weighted by Crippen LogP contribution is 2.11. The van der Waals surface area contributed by atoms with Gasteiger partial charge >= 0.3 is 0 Å². The van der Waals surface area contributed by atoms with E-state index in [4.69, 9.17) is 12.2 Å². The summed E-state index contributed by atoms with van der Waals surface area (Å²) in [6, 6.07) is 7.81. The van der Waals surface area contributed by atoms with Crippen molar-refractivity contribution in [3.8, 4) is 0 Å². The Morgan fingerprint density at radius 1 is 1.37 bits per heavy atom. The number of allylic oxidation sites excluding steroid dienone is 1. The largest absolute Gasteiger partial charge is 0.299 e. The smallest absolute Gasteiger partial charge is 0.195 e. The predicted molar refractivity (Wildman–Crippen MR) is 74.2 cm³/mol. The molecule has 1 N–H and O–H groups in total. The quantitative estimate of drug-likeness (QED) is 0.582. The highest BCUT2D eigenvalue weighted by molar-refractivity contribution is 7.71. The van der Waals surface area contributed by atoms with Crippen LogP contribution >= 0.6 is 12.2 Å². The van der Waals surface area contributed by atoms with E-state index in [1.54, 1.807) is 10.8 Å². The minimum atomic E-state index is 0.515. The van der Waals surface area contributed by atoms with Crippen LogP contribution in [0, 0.1) is 4.77 Å². The molecule has 0 unspecified atom stereocenters. The molecule has 0 aliphatic carbocycles. The first-order valence-corrected chi connectivity index (χ1v) is 6.23. The molecular formula is C12H12N6S.